The van der Waals surface area contributed by atoms with Crippen molar-refractivity contribution in [2.75, 3.05) is 19.5 Å². The van der Waals surface area contributed by atoms with Crippen LogP contribution in [0.3, 0.4) is 0 Å². The first-order valence-electron chi connectivity index (χ1n) is 7.78. The van der Waals surface area contributed by atoms with Gasteiger partial charge < -0.3 is 19.9 Å². The Balaban J connectivity index is 2.24. The first-order chi connectivity index (χ1) is 11.4. The van der Waals surface area contributed by atoms with Crippen LogP contribution in [0, 0.1) is 11.8 Å². The van der Waals surface area contributed by atoms with Crippen LogP contribution in [0.25, 0.3) is 0 Å². The van der Waals surface area contributed by atoms with Crippen LogP contribution >= 0.6 is 0 Å². The largest absolute Gasteiger partial charge is 0.497 e. The third kappa shape index (κ3) is 3.69. The predicted molar refractivity (Wildman–Crippen MR) is 90.4 cm³/mol. The lowest BCUT2D eigenvalue weighted by Crippen LogP contribution is -2.36. The van der Waals surface area contributed by atoms with Gasteiger partial charge in [0.25, 0.3) is 0 Å². The molecule has 0 saturated heterocycles. The van der Waals surface area contributed by atoms with E-state index in [1.54, 1.807) is 25.3 Å². The molecule has 0 heterocycles. The fraction of sp³-hybridized carbons (Fsp3) is 0.444. The van der Waals surface area contributed by atoms with E-state index in [9.17, 15) is 14.7 Å². The molecule has 130 valence electrons. The molecule has 0 aromatic heterocycles. The van der Waals surface area contributed by atoms with Gasteiger partial charge in [0.05, 0.1) is 31.7 Å². The predicted octanol–water partition coefficient (Wildman–Crippen LogP) is 3.09. The number of carboxylic acids is 1. The van der Waals surface area contributed by atoms with Crippen molar-refractivity contribution >= 4 is 17.6 Å². The molecule has 1 aromatic carbocycles. The SMILES string of the molecule is COc1ccc(NC(=O)[C@H]2CC(C)=C(C)C[C@@H]2C(=O)O)c(OC)c1. The maximum atomic E-state index is 12.7. The van der Waals surface area contributed by atoms with Crippen molar-refractivity contribution in [3.8, 4) is 11.5 Å². The Kier molecular flexibility index (Phi) is 5.49. The highest BCUT2D eigenvalue weighted by atomic mass is 16.5. The van der Waals surface area contributed by atoms with Gasteiger partial charge in [-0.05, 0) is 38.8 Å². The molecule has 24 heavy (non-hydrogen) atoms. The van der Waals surface area contributed by atoms with Crippen molar-refractivity contribution in [2.45, 2.75) is 26.7 Å². The highest BCUT2D eigenvalue weighted by Crippen LogP contribution is 2.36. The Morgan fingerprint density at radius 2 is 1.71 bits per heavy atom. The summed E-state index contributed by atoms with van der Waals surface area (Å²) in [5.41, 5.74) is 2.62. The van der Waals surface area contributed by atoms with Gasteiger partial charge in [0.15, 0.2) is 0 Å². The molecule has 1 aliphatic rings. The van der Waals surface area contributed by atoms with Crippen molar-refractivity contribution in [2.24, 2.45) is 11.8 Å². The summed E-state index contributed by atoms with van der Waals surface area (Å²) in [6.07, 6.45) is 0.853. The Hall–Kier alpha value is -2.50. The average Bonchev–Trinajstić information content (AvgIpc) is 2.56. The molecule has 0 bridgehead atoms. The molecule has 0 fully saturated rings. The third-order valence-corrected chi connectivity index (χ3v) is 4.59. The number of methoxy groups -OCH3 is 2. The third-order valence-electron chi connectivity index (χ3n) is 4.59. The molecule has 1 aliphatic carbocycles. The van der Waals surface area contributed by atoms with E-state index in [1.807, 2.05) is 13.8 Å². The Bertz CT molecular complexity index is 680. The number of anilines is 1. The molecular weight excluding hydrogens is 310 g/mol. The van der Waals surface area contributed by atoms with Crippen molar-refractivity contribution in [3.05, 3.63) is 29.3 Å². The van der Waals surface area contributed by atoms with Gasteiger partial charge in [-0.25, -0.2) is 0 Å². The number of ether oxygens (including phenoxy) is 2. The van der Waals surface area contributed by atoms with Crippen LogP contribution in [-0.2, 0) is 9.59 Å². The first kappa shape index (κ1) is 17.8. The zero-order chi connectivity index (χ0) is 17.9. The van der Waals surface area contributed by atoms with Gasteiger partial charge in [0.1, 0.15) is 11.5 Å². The van der Waals surface area contributed by atoms with E-state index >= 15 is 0 Å². The van der Waals surface area contributed by atoms with Gasteiger partial charge in [0, 0.05) is 6.07 Å². The average molecular weight is 333 g/mol. The number of benzene rings is 1. The molecule has 6 nitrogen and oxygen atoms in total. The summed E-state index contributed by atoms with van der Waals surface area (Å²) >= 11 is 0. The molecule has 2 N–H and O–H groups in total. The molecule has 2 rings (SSSR count). The second-order valence-electron chi connectivity index (χ2n) is 6.08. The normalized spacial score (nSPS) is 20.5. The summed E-state index contributed by atoms with van der Waals surface area (Å²) in [6, 6.07) is 5.06. The molecule has 0 unspecified atom stereocenters. The van der Waals surface area contributed by atoms with E-state index in [0.717, 1.165) is 11.1 Å². The zero-order valence-electron chi connectivity index (χ0n) is 14.4. The molecule has 2 atom stereocenters. The van der Waals surface area contributed by atoms with Crippen molar-refractivity contribution in [3.63, 3.8) is 0 Å². The van der Waals surface area contributed by atoms with Gasteiger partial charge in [-0.15, -0.1) is 0 Å². The Labute approximate surface area is 141 Å². The molecule has 0 saturated carbocycles. The number of allylic oxidation sites excluding steroid dienone is 2. The summed E-state index contributed by atoms with van der Waals surface area (Å²) in [4.78, 5) is 24.2. The van der Waals surface area contributed by atoms with Gasteiger partial charge >= 0.3 is 5.97 Å². The van der Waals surface area contributed by atoms with Crippen LogP contribution < -0.4 is 14.8 Å². The lowest BCUT2D eigenvalue weighted by molar-refractivity contribution is -0.146. The van der Waals surface area contributed by atoms with E-state index in [-0.39, 0.29) is 5.91 Å². The van der Waals surface area contributed by atoms with E-state index in [2.05, 4.69) is 5.32 Å². The lowest BCUT2D eigenvalue weighted by Gasteiger charge is -2.29. The van der Waals surface area contributed by atoms with Gasteiger partial charge in [-0.1, -0.05) is 11.1 Å². The van der Waals surface area contributed by atoms with Crippen molar-refractivity contribution < 1.29 is 24.2 Å². The monoisotopic (exact) mass is 333 g/mol. The van der Waals surface area contributed by atoms with Crippen molar-refractivity contribution in [1.29, 1.82) is 0 Å². The molecule has 6 heteroatoms. The second-order valence-corrected chi connectivity index (χ2v) is 6.08. The van der Waals surface area contributed by atoms with Gasteiger partial charge in [-0.2, -0.15) is 0 Å². The summed E-state index contributed by atoms with van der Waals surface area (Å²) < 4.78 is 10.4. The number of amides is 1. The second kappa shape index (κ2) is 7.38. The minimum atomic E-state index is -0.941. The van der Waals surface area contributed by atoms with Crippen LogP contribution in [-0.4, -0.2) is 31.2 Å². The van der Waals surface area contributed by atoms with Gasteiger partial charge in [0.2, 0.25) is 5.91 Å². The van der Waals surface area contributed by atoms with Gasteiger partial charge in [-0.3, -0.25) is 9.59 Å². The van der Waals surface area contributed by atoms with Crippen LogP contribution in [0.4, 0.5) is 5.69 Å². The standard InChI is InChI=1S/C18H23NO5/c1-10-7-13(14(18(21)22)8-11(10)2)17(20)19-15-6-5-12(23-3)9-16(15)24-4/h5-6,9,13-14H,7-8H2,1-4H3,(H,19,20)(H,21,22)/t13-,14-/m0/s1. The number of carbonyl (C=O) groups excluding carboxylic acids is 1. The number of nitrogens with one attached hydrogen (secondary N) is 1. The summed E-state index contributed by atoms with van der Waals surface area (Å²) in [5, 5.41) is 12.3. The molecule has 0 spiro atoms. The maximum absolute atomic E-state index is 12.7. The van der Waals surface area contributed by atoms with E-state index in [1.165, 1.54) is 7.11 Å². The van der Waals surface area contributed by atoms with Crippen LogP contribution in [0.1, 0.15) is 26.7 Å². The highest BCUT2D eigenvalue weighted by molar-refractivity contribution is 5.96. The zero-order valence-corrected chi connectivity index (χ0v) is 14.4. The molecule has 1 aromatic rings. The number of hydrogen-bond acceptors (Lipinski definition) is 4. The Morgan fingerprint density at radius 1 is 1.08 bits per heavy atom. The minimum Gasteiger partial charge on any atom is -0.497 e. The van der Waals surface area contributed by atoms with Crippen LogP contribution in [0.5, 0.6) is 11.5 Å². The molecule has 0 aliphatic heterocycles. The maximum Gasteiger partial charge on any atom is 0.307 e. The quantitative estimate of drug-likeness (QED) is 0.809. The number of rotatable bonds is 5. The fourth-order valence-corrected chi connectivity index (χ4v) is 2.95. The van der Waals surface area contributed by atoms with E-state index in [4.69, 9.17) is 9.47 Å². The van der Waals surface area contributed by atoms with Crippen LogP contribution in [0.2, 0.25) is 0 Å². The smallest absolute Gasteiger partial charge is 0.307 e. The van der Waals surface area contributed by atoms with Crippen molar-refractivity contribution in [1.82, 2.24) is 0 Å². The first-order valence-corrected chi connectivity index (χ1v) is 7.78. The molecular formula is C18H23NO5. The summed E-state index contributed by atoms with van der Waals surface area (Å²) in [5.74, 6) is -1.48. The summed E-state index contributed by atoms with van der Waals surface area (Å²) in [6.45, 7) is 3.87. The fourth-order valence-electron chi connectivity index (χ4n) is 2.95. The van der Waals surface area contributed by atoms with E-state index < -0.39 is 17.8 Å². The number of hydrogen-bond donors (Lipinski definition) is 2. The number of carbonyl (C=O) groups is 2. The van der Waals surface area contributed by atoms with Crippen LogP contribution in [0.15, 0.2) is 29.3 Å². The minimum absolute atomic E-state index is 0.308. The summed E-state index contributed by atoms with van der Waals surface area (Å²) in [7, 11) is 3.05. The number of aliphatic carboxylic acids is 1. The number of carboxylic acid groups (broad SMARTS) is 1. The van der Waals surface area contributed by atoms with E-state index in [0.29, 0.717) is 30.0 Å². The highest BCUT2D eigenvalue weighted by Gasteiger charge is 2.37. The topological polar surface area (TPSA) is 84.9 Å². The molecule has 0 radical (unpaired) electrons. The lowest BCUT2D eigenvalue weighted by atomic mass is 9.76. The molecule has 1 amide bonds. The Morgan fingerprint density at radius 3 is 2.25 bits per heavy atom.